The van der Waals surface area contributed by atoms with E-state index in [9.17, 15) is 4.79 Å². The van der Waals surface area contributed by atoms with Crippen LogP contribution in [0, 0.1) is 0 Å². The predicted molar refractivity (Wildman–Crippen MR) is 99.0 cm³/mol. The van der Waals surface area contributed by atoms with Crippen LogP contribution in [0.3, 0.4) is 0 Å². The first kappa shape index (κ1) is 18.4. The summed E-state index contributed by atoms with van der Waals surface area (Å²) >= 11 is 0. The number of hydrogen-bond donors (Lipinski definition) is 1. The highest BCUT2D eigenvalue weighted by atomic mass is 16.5. The number of amides is 1. The molecule has 6 heteroatoms. The molecule has 0 fully saturated rings. The van der Waals surface area contributed by atoms with Crippen molar-refractivity contribution < 1.29 is 19.0 Å². The van der Waals surface area contributed by atoms with Crippen molar-refractivity contribution in [3.05, 3.63) is 42.5 Å². The average molecular weight is 344 g/mol. The quantitative estimate of drug-likeness (QED) is 0.836. The fourth-order valence-electron chi connectivity index (χ4n) is 2.55. The Morgan fingerprint density at radius 3 is 2.04 bits per heavy atom. The van der Waals surface area contributed by atoms with Gasteiger partial charge in [0.15, 0.2) is 11.5 Å². The fourth-order valence-corrected chi connectivity index (χ4v) is 2.55. The number of carbonyl (C=O) groups excluding carboxylic acids is 1. The van der Waals surface area contributed by atoms with E-state index in [1.165, 1.54) is 0 Å². The normalized spacial score (nSPS) is 11.4. The first-order chi connectivity index (χ1) is 12.0. The summed E-state index contributed by atoms with van der Waals surface area (Å²) in [7, 11) is 6.41. The van der Waals surface area contributed by atoms with Crippen molar-refractivity contribution in [1.82, 2.24) is 0 Å². The minimum Gasteiger partial charge on any atom is -0.493 e. The molecule has 2 aromatic carbocycles. The SMILES string of the molecule is COc1cc(N[C@@H](C)C(=O)N(C)c2ccccc2)cc(OC)c1OC. The summed E-state index contributed by atoms with van der Waals surface area (Å²) < 4.78 is 16.0. The van der Waals surface area contributed by atoms with Crippen molar-refractivity contribution in [3.63, 3.8) is 0 Å². The molecule has 0 saturated heterocycles. The molecule has 1 N–H and O–H groups in total. The third-order valence-corrected chi connectivity index (χ3v) is 3.89. The van der Waals surface area contributed by atoms with Gasteiger partial charge < -0.3 is 24.4 Å². The van der Waals surface area contributed by atoms with Crippen LogP contribution in [-0.4, -0.2) is 40.3 Å². The monoisotopic (exact) mass is 344 g/mol. The highest BCUT2D eigenvalue weighted by Gasteiger charge is 2.20. The zero-order chi connectivity index (χ0) is 18.4. The minimum absolute atomic E-state index is 0.0556. The summed E-state index contributed by atoms with van der Waals surface area (Å²) in [5.41, 5.74) is 1.54. The van der Waals surface area contributed by atoms with E-state index in [1.54, 1.807) is 45.4 Å². The lowest BCUT2D eigenvalue weighted by Gasteiger charge is -2.23. The minimum atomic E-state index is -0.437. The molecule has 25 heavy (non-hydrogen) atoms. The molecule has 134 valence electrons. The highest BCUT2D eigenvalue weighted by Crippen LogP contribution is 2.40. The largest absolute Gasteiger partial charge is 0.493 e. The molecule has 0 aliphatic heterocycles. The van der Waals surface area contributed by atoms with Gasteiger partial charge >= 0.3 is 0 Å². The molecule has 0 spiro atoms. The van der Waals surface area contributed by atoms with E-state index in [0.717, 1.165) is 5.69 Å². The van der Waals surface area contributed by atoms with E-state index in [1.807, 2.05) is 37.3 Å². The second-order valence-corrected chi connectivity index (χ2v) is 5.51. The molecule has 1 atom stereocenters. The van der Waals surface area contributed by atoms with Crippen LogP contribution in [-0.2, 0) is 4.79 Å². The van der Waals surface area contributed by atoms with Crippen molar-refractivity contribution in [3.8, 4) is 17.2 Å². The summed E-state index contributed by atoms with van der Waals surface area (Å²) in [6.07, 6.45) is 0. The van der Waals surface area contributed by atoms with E-state index in [2.05, 4.69) is 5.32 Å². The van der Waals surface area contributed by atoms with Gasteiger partial charge in [-0.1, -0.05) is 18.2 Å². The third-order valence-electron chi connectivity index (χ3n) is 3.89. The molecule has 2 rings (SSSR count). The number of anilines is 2. The Balaban J connectivity index is 2.19. The summed E-state index contributed by atoms with van der Waals surface area (Å²) in [6.45, 7) is 1.81. The number of para-hydroxylation sites is 1. The van der Waals surface area contributed by atoms with Crippen molar-refractivity contribution in [2.75, 3.05) is 38.6 Å². The van der Waals surface area contributed by atoms with Gasteiger partial charge in [0.25, 0.3) is 0 Å². The van der Waals surface area contributed by atoms with E-state index in [-0.39, 0.29) is 5.91 Å². The molecule has 0 aliphatic carbocycles. The predicted octanol–water partition coefficient (Wildman–Crippen LogP) is 3.18. The molecule has 0 aliphatic rings. The first-order valence-corrected chi connectivity index (χ1v) is 7.91. The van der Waals surface area contributed by atoms with Gasteiger partial charge in [0, 0.05) is 30.6 Å². The number of hydrogen-bond acceptors (Lipinski definition) is 5. The standard InChI is InChI=1S/C19H24N2O4/c1-13(19(22)21(2)15-9-7-6-8-10-15)20-14-11-16(23-3)18(25-5)17(12-14)24-4/h6-13,20H,1-5H3/t13-/m0/s1. The van der Waals surface area contributed by atoms with E-state index < -0.39 is 6.04 Å². The lowest BCUT2D eigenvalue weighted by atomic mass is 10.2. The van der Waals surface area contributed by atoms with Gasteiger partial charge in [0.2, 0.25) is 11.7 Å². The summed E-state index contributed by atoms with van der Waals surface area (Å²) in [5, 5.41) is 3.19. The fraction of sp³-hybridized carbons (Fsp3) is 0.316. The Morgan fingerprint density at radius 1 is 1.00 bits per heavy atom. The van der Waals surface area contributed by atoms with E-state index in [4.69, 9.17) is 14.2 Å². The maximum atomic E-state index is 12.7. The summed E-state index contributed by atoms with van der Waals surface area (Å²) in [5.74, 6) is 1.51. The van der Waals surface area contributed by atoms with E-state index in [0.29, 0.717) is 22.9 Å². The Bertz CT molecular complexity index is 694. The van der Waals surface area contributed by atoms with Gasteiger partial charge in [-0.3, -0.25) is 4.79 Å². The van der Waals surface area contributed by atoms with Crippen LogP contribution in [0.2, 0.25) is 0 Å². The summed E-state index contributed by atoms with van der Waals surface area (Å²) in [6, 6.07) is 12.6. The second kappa shape index (κ2) is 8.28. The Labute approximate surface area is 148 Å². The number of methoxy groups -OCH3 is 3. The molecule has 0 bridgehead atoms. The van der Waals surface area contributed by atoms with Crippen LogP contribution in [0.15, 0.2) is 42.5 Å². The molecule has 0 unspecified atom stereocenters. The maximum Gasteiger partial charge on any atom is 0.248 e. The molecule has 6 nitrogen and oxygen atoms in total. The van der Waals surface area contributed by atoms with Crippen LogP contribution in [0.1, 0.15) is 6.92 Å². The van der Waals surface area contributed by atoms with Crippen LogP contribution >= 0.6 is 0 Å². The van der Waals surface area contributed by atoms with Crippen LogP contribution in [0.5, 0.6) is 17.2 Å². The summed E-state index contributed by atoms with van der Waals surface area (Å²) in [4.78, 5) is 14.3. The zero-order valence-corrected chi connectivity index (χ0v) is 15.2. The van der Waals surface area contributed by atoms with Gasteiger partial charge in [-0.15, -0.1) is 0 Å². The van der Waals surface area contributed by atoms with Crippen LogP contribution < -0.4 is 24.4 Å². The number of carbonyl (C=O) groups is 1. The van der Waals surface area contributed by atoms with Gasteiger partial charge in [-0.25, -0.2) is 0 Å². The number of benzene rings is 2. The molecule has 1 amide bonds. The van der Waals surface area contributed by atoms with Gasteiger partial charge in [0.1, 0.15) is 6.04 Å². The molecular formula is C19H24N2O4. The van der Waals surface area contributed by atoms with Crippen LogP contribution in [0.25, 0.3) is 0 Å². The molecule has 2 aromatic rings. The molecule has 0 aromatic heterocycles. The molecule has 0 saturated carbocycles. The van der Waals surface area contributed by atoms with Gasteiger partial charge in [0.05, 0.1) is 21.3 Å². The lowest BCUT2D eigenvalue weighted by molar-refractivity contribution is -0.118. The Hall–Kier alpha value is -2.89. The zero-order valence-electron chi connectivity index (χ0n) is 15.2. The Kier molecular flexibility index (Phi) is 6.11. The number of rotatable bonds is 7. The number of ether oxygens (including phenoxy) is 3. The van der Waals surface area contributed by atoms with E-state index >= 15 is 0 Å². The van der Waals surface area contributed by atoms with Crippen LogP contribution in [0.4, 0.5) is 11.4 Å². The Morgan fingerprint density at radius 2 is 1.56 bits per heavy atom. The second-order valence-electron chi connectivity index (χ2n) is 5.51. The smallest absolute Gasteiger partial charge is 0.248 e. The topological polar surface area (TPSA) is 60.0 Å². The van der Waals surface area contributed by atoms with Crippen molar-refractivity contribution in [2.24, 2.45) is 0 Å². The third kappa shape index (κ3) is 4.15. The molecular weight excluding hydrogens is 320 g/mol. The first-order valence-electron chi connectivity index (χ1n) is 7.91. The lowest BCUT2D eigenvalue weighted by Crippen LogP contribution is -2.39. The van der Waals surface area contributed by atoms with Gasteiger partial charge in [-0.2, -0.15) is 0 Å². The number of nitrogens with one attached hydrogen (secondary N) is 1. The maximum absolute atomic E-state index is 12.7. The molecule has 0 heterocycles. The number of nitrogens with zero attached hydrogens (tertiary/aromatic N) is 1. The van der Waals surface area contributed by atoms with Crippen molar-refractivity contribution in [1.29, 1.82) is 0 Å². The number of likely N-dealkylation sites (N-methyl/N-ethyl adjacent to an activating group) is 1. The van der Waals surface area contributed by atoms with Gasteiger partial charge in [-0.05, 0) is 19.1 Å². The highest BCUT2D eigenvalue weighted by molar-refractivity contribution is 5.98. The average Bonchev–Trinajstić information content (AvgIpc) is 2.66. The van der Waals surface area contributed by atoms with Crippen molar-refractivity contribution in [2.45, 2.75) is 13.0 Å². The molecule has 0 radical (unpaired) electrons. The van der Waals surface area contributed by atoms with Crippen molar-refractivity contribution >= 4 is 17.3 Å².